The molecule has 0 radical (unpaired) electrons. The number of nitrogens with zero attached hydrogens (tertiary/aromatic N) is 3. The Morgan fingerprint density at radius 3 is 1.44 bits per heavy atom. The SMILES string of the molecule is N#Cc1ccc(-c2ccc3c4c(cccc24)-c2cc4c(-c5ccccc5C#N)cc5c6ccccc6c(-c6ccccc6C#N)cc5c4cc2-3)cc1. The summed E-state index contributed by atoms with van der Waals surface area (Å²) in [6.07, 6.45) is 0. The first-order valence-electron chi connectivity index (χ1n) is 17.2. The van der Waals surface area contributed by atoms with Gasteiger partial charge in [0.1, 0.15) is 0 Å². The molecule has 0 bridgehead atoms. The van der Waals surface area contributed by atoms with Crippen LogP contribution in [-0.2, 0) is 0 Å². The summed E-state index contributed by atoms with van der Waals surface area (Å²) >= 11 is 0. The number of hydrogen-bond donors (Lipinski definition) is 0. The fourth-order valence-electron chi connectivity index (χ4n) is 8.40. The number of benzene rings is 9. The molecule has 0 aromatic heterocycles. The van der Waals surface area contributed by atoms with Crippen LogP contribution in [-0.4, -0.2) is 0 Å². The van der Waals surface area contributed by atoms with E-state index in [-0.39, 0.29) is 0 Å². The zero-order valence-corrected chi connectivity index (χ0v) is 27.8. The average Bonchev–Trinajstić information content (AvgIpc) is 3.53. The lowest BCUT2D eigenvalue weighted by atomic mass is 9.85. The topological polar surface area (TPSA) is 71.4 Å². The normalized spacial score (nSPS) is 11.4. The third-order valence-corrected chi connectivity index (χ3v) is 10.7. The second kappa shape index (κ2) is 11.3. The molecule has 236 valence electrons. The standard InChI is InChI=1S/C49H25N3/c50-26-29-16-18-30(19-17-29)35-20-21-40-45-25-48-46(24-44(45)39-15-7-14-38(35)49(39)40)42(34-11-4-2-9-32(34)28-52)23-43-37-13-6-5-12-36(37)41(22-47(43)48)33-10-3-1-8-31(33)27-51/h1-25H. The van der Waals surface area contributed by atoms with Gasteiger partial charge in [0.05, 0.1) is 34.9 Å². The van der Waals surface area contributed by atoms with E-state index in [1.807, 2.05) is 72.8 Å². The molecule has 10 rings (SSSR count). The van der Waals surface area contributed by atoms with E-state index in [0.29, 0.717) is 16.7 Å². The number of nitriles is 3. The van der Waals surface area contributed by atoms with Crippen LogP contribution in [0.1, 0.15) is 16.7 Å². The van der Waals surface area contributed by atoms with E-state index in [9.17, 15) is 15.8 Å². The van der Waals surface area contributed by atoms with Gasteiger partial charge in [0.2, 0.25) is 0 Å². The first-order chi connectivity index (χ1) is 25.7. The van der Waals surface area contributed by atoms with Crippen molar-refractivity contribution in [3.05, 3.63) is 168 Å². The van der Waals surface area contributed by atoms with Crippen LogP contribution in [0.4, 0.5) is 0 Å². The monoisotopic (exact) mass is 655 g/mol. The van der Waals surface area contributed by atoms with Crippen LogP contribution in [0.5, 0.6) is 0 Å². The Labute approximate surface area is 300 Å². The van der Waals surface area contributed by atoms with E-state index in [0.717, 1.165) is 71.3 Å². The number of fused-ring (bicyclic) bond motifs is 8. The first-order valence-corrected chi connectivity index (χ1v) is 17.2. The van der Waals surface area contributed by atoms with Crippen molar-refractivity contribution in [1.29, 1.82) is 15.8 Å². The van der Waals surface area contributed by atoms with Crippen LogP contribution in [0.15, 0.2) is 152 Å². The van der Waals surface area contributed by atoms with Crippen LogP contribution in [0, 0.1) is 34.0 Å². The van der Waals surface area contributed by atoms with E-state index in [4.69, 9.17) is 0 Å². The summed E-state index contributed by atoms with van der Waals surface area (Å²) in [6.45, 7) is 0. The molecular weight excluding hydrogens is 631 g/mol. The molecule has 1 aliphatic rings. The molecule has 9 aromatic rings. The summed E-state index contributed by atoms with van der Waals surface area (Å²) in [7, 11) is 0. The van der Waals surface area contributed by atoms with Crippen LogP contribution in [0.2, 0.25) is 0 Å². The molecule has 0 amide bonds. The molecule has 0 atom stereocenters. The van der Waals surface area contributed by atoms with Gasteiger partial charge in [-0.2, -0.15) is 15.8 Å². The van der Waals surface area contributed by atoms with E-state index < -0.39 is 0 Å². The van der Waals surface area contributed by atoms with Crippen LogP contribution >= 0.6 is 0 Å². The summed E-state index contributed by atoms with van der Waals surface area (Å²) in [5, 5.41) is 38.7. The second-order valence-electron chi connectivity index (χ2n) is 13.3. The van der Waals surface area contributed by atoms with E-state index in [2.05, 4.69) is 97.1 Å². The van der Waals surface area contributed by atoms with Crippen molar-refractivity contribution in [3.63, 3.8) is 0 Å². The minimum atomic E-state index is 0.630. The highest BCUT2D eigenvalue weighted by atomic mass is 14.3. The van der Waals surface area contributed by atoms with Gasteiger partial charge in [0.25, 0.3) is 0 Å². The molecule has 52 heavy (non-hydrogen) atoms. The number of rotatable bonds is 3. The maximum absolute atomic E-state index is 10.3. The smallest absolute Gasteiger partial charge is 0.0998 e. The Morgan fingerprint density at radius 2 is 0.769 bits per heavy atom. The molecule has 0 fully saturated rings. The van der Waals surface area contributed by atoms with Crippen LogP contribution in [0.3, 0.4) is 0 Å². The van der Waals surface area contributed by atoms with Crippen LogP contribution in [0.25, 0.3) is 98.7 Å². The molecule has 0 saturated heterocycles. The zero-order chi connectivity index (χ0) is 34.9. The highest BCUT2D eigenvalue weighted by Crippen LogP contribution is 2.53. The lowest BCUT2D eigenvalue weighted by Crippen LogP contribution is -1.92. The molecule has 0 aliphatic heterocycles. The largest absolute Gasteiger partial charge is 0.192 e. The molecule has 0 unspecified atom stereocenters. The van der Waals surface area contributed by atoms with Gasteiger partial charge in [-0.25, -0.2) is 0 Å². The third-order valence-electron chi connectivity index (χ3n) is 10.7. The minimum Gasteiger partial charge on any atom is -0.192 e. The second-order valence-corrected chi connectivity index (χ2v) is 13.3. The van der Waals surface area contributed by atoms with Gasteiger partial charge in [-0.1, -0.05) is 103 Å². The van der Waals surface area contributed by atoms with Crippen LogP contribution < -0.4 is 0 Å². The van der Waals surface area contributed by atoms with Crippen molar-refractivity contribution in [1.82, 2.24) is 0 Å². The van der Waals surface area contributed by atoms with E-state index >= 15 is 0 Å². The van der Waals surface area contributed by atoms with Gasteiger partial charge in [-0.15, -0.1) is 0 Å². The quantitative estimate of drug-likeness (QED) is 0.178. The first kappa shape index (κ1) is 29.4. The van der Waals surface area contributed by atoms with Gasteiger partial charge in [0, 0.05) is 11.1 Å². The van der Waals surface area contributed by atoms with Gasteiger partial charge in [-0.3, -0.25) is 0 Å². The Bertz CT molecular complexity index is 3150. The maximum Gasteiger partial charge on any atom is 0.0998 e. The highest BCUT2D eigenvalue weighted by Gasteiger charge is 2.26. The van der Waals surface area contributed by atoms with Gasteiger partial charge in [-0.05, 0) is 136 Å². The minimum absolute atomic E-state index is 0.630. The van der Waals surface area contributed by atoms with Crippen molar-refractivity contribution >= 4 is 43.1 Å². The lowest BCUT2D eigenvalue weighted by molar-refractivity contribution is 1.48. The zero-order valence-electron chi connectivity index (χ0n) is 27.8. The predicted molar refractivity (Wildman–Crippen MR) is 211 cm³/mol. The number of hydrogen-bond acceptors (Lipinski definition) is 3. The molecule has 1 aliphatic carbocycles. The average molecular weight is 656 g/mol. The van der Waals surface area contributed by atoms with Crippen molar-refractivity contribution in [2.24, 2.45) is 0 Å². The Morgan fingerprint density at radius 1 is 0.288 bits per heavy atom. The van der Waals surface area contributed by atoms with Gasteiger partial charge in [0.15, 0.2) is 0 Å². The van der Waals surface area contributed by atoms with Gasteiger partial charge >= 0.3 is 0 Å². The fourth-order valence-corrected chi connectivity index (χ4v) is 8.40. The summed E-state index contributed by atoms with van der Waals surface area (Å²) in [6, 6.07) is 59.1. The Balaban J connectivity index is 1.34. The molecule has 0 heterocycles. The summed E-state index contributed by atoms with van der Waals surface area (Å²) in [5.41, 5.74) is 12.6. The lowest BCUT2D eigenvalue weighted by Gasteiger charge is -2.18. The molecule has 9 aromatic carbocycles. The molecule has 3 nitrogen and oxygen atoms in total. The molecule has 0 saturated carbocycles. The van der Waals surface area contributed by atoms with Crippen molar-refractivity contribution in [3.8, 4) is 73.8 Å². The molecular formula is C49H25N3. The Kier molecular flexibility index (Phi) is 6.37. The van der Waals surface area contributed by atoms with E-state index in [1.54, 1.807) is 0 Å². The van der Waals surface area contributed by atoms with Crippen molar-refractivity contribution in [2.45, 2.75) is 0 Å². The van der Waals surface area contributed by atoms with Crippen molar-refractivity contribution in [2.75, 3.05) is 0 Å². The molecule has 3 heteroatoms. The summed E-state index contributed by atoms with van der Waals surface area (Å²) < 4.78 is 0. The molecule has 0 N–H and O–H groups in total. The van der Waals surface area contributed by atoms with Gasteiger partial charge < -0.3 is 0 Å². The predicted octanol–water partition coefficient (Wildman–Crippen LogP) is 12.6. The molecule has 0 spiro atoms. The summed E-state index contributed by atoms with van der Waals surface area (Å²) in [4.78, 5) is 0. The van der Waals surface area contributed by atoms with E-state index in [1.165, 1.54) is 27.5 Å². The maximum atomic E-state index is 10.3. The van der Waals surface area contributed by atoms with Crippen molar-refractivity contribution < 1.29 is 0 Å². The summed E-state index contributed by atoms with van der Waals surface area (Å²) in [5.74, 6) is 0. The highest BCUT2D eigenvalue weighted by molar-refractivity contribution is 6.27. The fraction of sp³-hybridized carbons (Fsp3) is 0. The Hall–Kier alpha value is -7.51. The third kappa shape index (κ3) is 4.17.